The quantitative estimate of drug-likeness (QED) is 0.831. The van der Waals surface area contributed by atoms with Crippen molar-refractivity contribution in [3.05, 3.63) is 60.4 Å². The molecule has 0 bridgehead atoms. The molecular formula is C21H26N4O2. The van der Waals surface area contributed by atoms with Gasteiger partial charge in [-0.15, -0.1) is 0 Å². The molecule has 1 aromatic heterocycles. The molecule has 2 aromatic rings. The molecule has 0 saturated carbocycles. The van der Waals surface area contributed by atoms with Crippen molar-refractivity contribution in [2.24, 2.45) is 0 Å². The predicted molar refractivity (Wildman–Crippen MR) is 107 cm³/mol. The van der Waals surface area contributed by atoms with Gasteiger partial charge in [-0.1, -0.05) is 36.9 Å². The summed E-state index contributed by atoms with van der Waals surface area (Å²) in [5, 5.41) is 0. The van der Waals surface area contributed by atoms with Crippen LogP contribution in [-0.2, 0) is 4.74 Å². The summed E-state index contributed by atoms with van der Waals surface area (Å²) in [5.74, 6) is 0.670. The van der Waals surface area contributed by atoms with Gasteiger partial charge in [-0.3, -0.25) is 0 Å². The maximum absolute atomic E-state index is 12.2. The number of nitrogens with zero attached hydrogens (tertiary/aromatic N) is 4. The van der Waals surface area contributed by atoms with Gasteiger partial charge in [0.15, 0.2) is 0 Å². The number of hydrogen-bond donors (Lipinski definition) is 0. The Balaban J connectivity index is 1.59. The molecule has 6 heteroatoms. The number of hydrogen-bond acceptors (Lipinski definition) is 5. The van der Waals surface area contributed by atoms with E-state index < -0.39 is 5.60 Å². The molecule has 0 atom stereocenters. The number of carbonyl (C=O) groups is 1. The van der Waals surface area contributed by atoms with Crippen molar-refractivity contribution in [2.75, 3.05) is 31.1 Å². The van der Waals surface area contributed by atoms with E-state index in [1.54, 1.807) is 17.3 Å². The van der Waals surface area contributed by atoms with Crippen LogP contribution in [0.5, 0.6) is 0 Å². The van der Waals surface area contributed by atoms with E-state index in [1.165, 1.54) is 0 Å². The highest BCUT2D eigenvalue weighted by atomic mass is 16.6. The van der Waals surface area contributed by atoms with E-state index in [4.69, 9.17) is 4.74 Å². The molecule has 6 nitrogen and oxygen atoms in total. The zero-order valence-electron chi connectivity index (χ0n) is 16.2. The van der Waals surface area contributed by atoms with Gasteiger partial charge < -0.3 is 14.5 Å². The van der Waals surface area contributed by atoms with Crippen LogP contribution in [0.15, 0.2) is 49.3 Å². The summed E-state index contributed by atoms with van der Waals surface area (Å²) >= 11 is 0. The van der Waals surface area contributed by atoms with E-state index in [1.807, 2.05) is 51.1 Å². The lowest BCUT2D eigenvalue weighted by atomic mass is 10.0. The Hall–Kier alpha value is -2.89. The summed E-state index contributed by atoms with van der Waals surface area (Å²) < 4.78 is 5.43. The van der Waals surface area contributed by atoms with Crippen molar-refractivity contribution < 1.29 is 9.53 Å². The van der Waals surface area contributed by atoms with Crippen LogP contribution in [-0.4, -0.2) is 52.7 Å². The maximum atomic E-state index is 12.2. The number of benzene rings is 1. The lowest BCUT2D eigenvalue weighted by molar-refractivity contribution is 0.0240. The fourth-order valence-corrected chi connectivity index (χ4v) is 2.86. The molecule has 2 heterocycles. The number of aromatic nitrogens is 2. The van der Waals surface area contributed by atoms with Crippen molar-refractivity contribution in [1.82, 2.24) is 14.9 Å². The van der Waals surface area contributed by atoms with Crippen LogP contribution in [0, 0.1) is 0 Å². The van der Waals surface area contributed by atoms with Gasteiger partial charge in [0.2, 0.25) is 5.95 Å². The van der Waals surface area contributed by atoms with Gasteiger partial charge in [-0.25, -0.2) is 14.8 Å². The lowest BCUT2D eigenvalue weighted by Crippen LogP contribution is -2.50. The predicted octanol–water partition coefficient (Wildman–Crippen LogP) is 3.60. The second-order valence-electron chi connectivity index (χ2n) is 7.57. The van der Waals surface area contributed by atoms with Crippen molar-refractivity contribution in [3.8, 4) is 0 Å². The molecule has 1 aliphatic rings. The minimum atomic E-state index is -0.478. The molecule has 0 spiro atoms. The molecular weight excluding hydrogens is 340 g/mol. The molecule has 0 unspecified atom stereocenters. The average Bonchev–Trinajstić information content (AvgIpc) is 2.67. The van der Waals surface area contributed by atoms with Gasteiger partial charge in [0.25, 0.3) is 0 Å². The van der Waals surface area contributed by atoms with E-state index in [-0.39, 0.29) is 6.09 Å². The first kappa shape index (κ1) is 18.9. The molecule has 1 aromatic carbocycles. The van der Waals surface area contributed by atoms with Crippen molar-refractivity contribution in [2.45, 2.75) is 26.4 Å². The third-order valence-corrected chi connectivity index (χ3v) is 4.32. The number of anilines is 1. The number of piperazine rings is 1. The van der Waals surface area contributed by atoms with E-state index in [0.717, 1.165) is 16.7 Å². The molecule has 1 saturated heterocycles. The highest BCUT2D eigenvalue weighted by Gasteiger charge is 2.26. The summed E-state index contributed by atoms with van der Waals surface area (Å²) in [6.07, 6.45) is 3.34. The fraction of sp³-hybridized carbons (Fsp3) is 0.381. The zero-order chi connectivity index (χ0) is 19.4. The van der Waals surface area contributed by atoms with Crippen molar-refractivity contribution in [3.63, 3.8) is 0 Å². The maximum Gasteiger partial charge on any atom is 0.410 e. The largest absolute Gasteiger partial charge is 0.444 e. The van der Waals surface area contributed by atoms with E-state index >= 15 is 0 Å². The SMILES string of the molecule is C=C(c1ccccc1)c1cnc(N2CCN(C(=O)OC(C)(C)C)CC2)nc1. The van der Waals surface area contributed by atoms with Crippen LogP contribution in [0.3, 0.4) is 0 Å². The molecule has 142 valence electrons. The topological polar surface area (TPSA) is 58.6 Å². The number of amides is 1. The van der Waals surface area contributed by atoms with E-state index in [2.05, 4.69) is 21.4 Å². The number of rotatable bonds is 3. The van der Waals surface area contributed by atoms with Crippen molar-refractivity contribution in [1.29, 1.82) is 0 Å². The third-order valence-electron chi connectivity index (χ3n) is 4.32. The van der Waals surface area contributed by atoms with Crippen LogP contribution in [0.2, 0.25) is 0 Å². The van der Waals surface area contributed by atoms with Gasteiger partial charge >= 0.3 is 6.09 Å². The highest BCUT2D eigenvalue weighted by molar-refractivity contribution is 5.77. The highest BCUT2D eigenvalue weighted by Crippen LogP contribution is 2.21. The molecule has 27 heavy (non-hydrogen) atoms. The minimum absolute atomic E-state index is 0.266. The summed E-state index contributed by atoms with van der Waals surface area (Å²) in [6.45, 7) is 12.3. The first-order valence-electron chi connectivity index (χ1n) is 9.13. The smallest absolute Gasteiger partial charge is 0.410 e. The first-order valence-corrected chi connectivity index (χ1v) is 9.13. The molecule has 0 aliphatic carbocycles. The second kappa shape index (κ2) is 7.78. The zero-order valence-corrected chi connectivity index (χ0v) is 16.2. The second-order valence-corrected chi connectivity index (χ2v) is 7.57. The standard InChI is InChI=1S/C21H26N4O2/c1-16(17-8-6-5-7-9-17)18-14-22-19(23-15-18)24-10-12-25(13-11-24)20(26)27-21(2,3)4/h5-9,14-15H,1,10-13H2,2-4H3. The molecule has 3 rings (SSSR count). The Morgan fingerprint density at radius 2 is 1.59 bits per heavy atom. The minimum Gasteiger partial charge on any atom is -0.444 e. The van der Waals surface area contributed by atoms with E-state index in [9.17, 15) is 4.79 Å². The van der Waals surface area contributed by atoms with Crippen LogP contribution < -0.4 is 4.90 Å². The number of ether oxygens (including phenoxy) is 1. The Morgan fingerprint density at radius 3 is 2.15 bits per heavy atom. The van der Waals surface area contributed by atoms with Crippen LogP contribution in [0.1, 0.15) is 31.9 Å². The molecule has 1 fully saturated rings. The normalized spacial score (nSPS) is 14.8. The van der Waals surface area contributed by atoms with Gasteiger partial charge in [0.05, 0.1) is 0 Å². The monoisotopic (exact) mass is 366 g/mol. The van der Waals surface area contributed by atoms with Gasteiger partial charge in [0, 0.05) is 44.1 Å². The summed E-state index contributed by atoms with van der Waals surface area (Å²) in [6, 6.07) is 9.99. The Kier molecular flexibility index (Phi) is 5.44. The average molecular weight is 366 g/mol. The number of carbonyl (C=O) groups excluding carboxylic acids is 1. The van der Waals surface area contributed by atoms with Gasteiger partial charge in [0.1, 0.15) is 5.60 Å². The van der Waals surface area contributed by atoms with Crippen LogP contribution in [0.4, 0.5) is 10.7 Å². The Labute approximate surface area is 160 Å². The summed E-state index contributed by atoms with van der Waals surface area (Å²) in [5.41, 5.74) is 2.38. The fourth-order valence-electron chi connectivity index (χ4n) is 2.86. The third kappa shape index (κ3) is 4.84. The van der Waals surface area contributed by atoms with Gasteiger partial charge in [-0.05, 0) is 31.9 Å². The van der Waals surface area contributed by atoms with Crippen molar-refractivity contribution >= 4 is 17.6 Å². The lowest BCUT2D eigenvalue weighted by Gasteiger charge is -2.35. The van der Waals surface area contributed by atoms with Gasteiger partial charge in [-0.2, -0.15) is 0 Å². The molecule has 1 amide bonds. The molecule has 0 N–H and O–H groups in total. The summed E-state index contributed by atoms with van der Waals surface area (Å²) in [7, 11) is 0. The van der Waals surface area contributed by atoms with Crippen LogP contribution in [0.25, 0.3) is 5.57 Å². The Bertz CT molecular complexity index is 789. The summed E-state index contributed by atoms with van der Waals surface area (Å²) in [4.78, 5) is 25.0. The molecule has 0 radical (unpaired) electrons. The van der Waals surface area contributed by atoms with E-state index in [0.29, 0.717) is 32.1 Å². The Morgan fingerprint density at radius 1 is 1.00 bits per heavy atom. The van der Waals surface area contributed by atoms with Crippen LogP contribution >= 0.6 is 0 Å². The molecule has 1 aliphatic heterocycles. The first-order chi connectivity index (χ1) is 12.8.